The number of halogens is 2. The molecule has 2 aromatic rings. The third-order valence-corrected chi connectivity index (χ3v) is 4.51. The van der Waals surface area contributed by atoms with Gasteiger partial charge in [0.15, 0.2) is 6.29 Å². The van der Waals surface area contributed by atoms with Gasteiger partial charge in [-0.05, 0) is 24.6 Å². The van der Waals surface area contributed by atoms with Crippen LogP contribution >= 0.6 is 11.6 Å². The third-order valence-electron chi connectivity index (χ3n) is 4.21. The molecule has 0 aliphatic carbocycles. The van der Waals surface area contributed by atoms with Crippen molar-refractivity contribution in [2.45, 2.75) is 32.5 Å². The molecule has 2 heterocycles. The van der Waals surface area contributed by atoms with Gasteiger partial charge in [0.1, 0.15) is 5.82 Å². The Hall–Kier alpha value is -1.49. The van der Waals surface area contributed by atoms with Gasteiger partial charge in [-0.25, -0.2) is 4.39 Å². The molecule has 1 aromatic heterocycles. The van der Waals surface area contributed by atoms with Gasteiger partial charge in [0.05, 0.1) is 23.9 Å². The number of aromatic nitrogens is 1. The van der Waals surface area contributed by atoms with E-state index in [2.05, 4.69) is 11.9 Å². The van der Waals surface area contributed by atoms with Crippen LogP contribution < -0.4 is 0 Å². The molecule has 1 saturated heterocycles. The number of hydrogen-bond donors (Lipinski definition) is 0. The first kappa shape index (κ1) is 17.3. The Balaban J connectivity index is 1.64. The summed E-state index contributed by atoms with van der Waals surface area (Å²) in [6.07, 6.45) is 4.89. The monoisotopic (exact) mass is 349 g/mol. The molecule has 3 rings (SSSR count). The highest BCUT2D eigenvalue weighted by Crippen LogP contribution is 2.28. The van der Waals surface area contributed by atoms with Gasteiger partial charge in [0.25, 0.3) is 0 Å². The van der Waals surface area contributed by atoms with E-state index in [0.717, 1.165) is 25.2 Å². The first-order valence-electron chi connectivity index (χ1n) is 8.32. The standard InChI is InChI=1S/C19H21ClFNO2/c1-2-3-4-13-11-23-19(24-12-13)15-6-8-18(22-10-15)14-5-7-16(20)17(21)9-14/h5-10,13,19H,2-4,11-12H2,1H3. The van der Waals surface area contributed by atoms with Crippen LogP contribution in [0.25, 0.3) is 11.3 Å². The maximum atomic E-state index is 13.6. The van der Waals surface area contributed by atoms with E-state index in [1.165, 1.54) is 25.0 Å². The molecule has 1 aromatic carbocycles. The molecule has 0 amide bonds. The molecule has 0 saturated carbocycles. The first-order chi connectivity index (χ1) is 11.7. The minimum Gasteiger partial charge on any atom is -0.348 e. The number of benzene rings is 1. The van der Waals surface area contributed by atoms with Crippen LogP contribution in [0.4, 0.5) is 4.39 Å². The van der Waals surface area contributed by atoms with Crippen LogP contribution in [0.3, 0.4) is 0 Å². The first-order valence-corrected chi connectivity index (χ1v) is 8.69. The second kappa shape index (κ2) is 8.06. The zero-order chi connectivity index (χ0) is 16.9. The zero-order valence-electron chi connectivity index (χ0n) is 13.7. The maximum Gasteiger partial charge on any atom is 0.185 e. The Morgan fingerprint density at radius 2 is 2.00 bits per heavy atom. The predicted molar refractivity (Wildman–Crippen MR) is 92.3 cm³/mol. The number of hydrogen-bond acceptors (Lipinski definition) is 3. The molecule has 5 heteroatoms. The molecule has 0 atom stereocenters. The molecule has 0 spiro atoms. The fourth-order valence-corrected chi connectivity index (χ4v) is 2.88. The Kier molecular flexibility index (Phi) is 5.82. The summed E-state index contributed by atoms with van der Waals surface area (Å²) in [6, 6.07) is 8.42. The average molecular weight is 350 g/mol. The molecule has 1 aliphatic rings. The summed E-state index contributed by atoms with van der Waals surface area (Å²) in [4.78, 5) is 4.39. The quantitative estimate of drug-likeness (QED) is 0.724. The van der Waals surface area contributed by atoms with E-state index in [1.54, 1.807) is 12.3 Å². The number of unbranched alkanes of at least 4 members (excludes halogenated alkanes) is 1. The lowest BCUT2D eigenvalue weighted by Gasteiger charge is -2.29. The molecule has 24 heavy (non-hydrogen) atoms. The third kappa shape index (κ3) is 4.12. The van der Waals surface area contributed by atoms with Crippen LogP contribution in [0.15, 0.2) is 36.5 Å². The largest absolute Gasteiger partial charge is 0.348 e. The number of pyridine rings is 1. The van der Waals surface area contributed by atoms with Crippen LogP contribution in [0.2, 0.25) is 5.02 Å². The van der Waals surface area contributed by atoms with Crippen molar-refractivity contribution in [1.29, 1.82) is 0 Å². The second-order valence-corrected chi connectivity index (χ2v) is 6.52. The molecule has 1 aliphatic heterocycles. The minimum atomic E-state index is -0.447. The van der Waals surface area contributed by atoms with Crippen LogP contribution in [0, 0.1) is 11.7 Å². The Bertz CT molecular complexity index is 670. The molecule has 1 fully saturated rings. The summed E-state index contributed by atoms with van der Waals surface area (Å²) in [6.45, 7) is 3.62. The van der Waals surface area contributed by atoms with Gasteiger partial charge >= 0.3 is 0 Å². The molecule has 0 N–H and O–H groups in total. The van der Waals surface area contributed by atoms with Crippen LogP contribution in [0.1, 0.15) is 38.0 Å². The maximum absolute atomic E-state index is 13.6. The summed E-state index contributed by atoms with van der Waals surface area (Å²) in [7, 11) is 0. The highest BCUT2D eigenvalue weighted by Gasteiger charge is 2.23. The lowest BCUT2D eigenvalue weighted by Crippen LogP contribution is -2.27. The second-order valence-electron chi connectivity index (χ2n) is 6.11. The normalized spacial score (nSPS) is 21.0. The van der Waals surface area contributed by atoms with E-state index in [9.17, 15) is 4.39 Å². The Morgan fingerprint density at radius 3 is 2.62 bits per heavy atom. The van der Waals surface area contributed by atoms with Crippen molar-refractivity contribution in [2.24, 2.45) is 5.92 Å². The van der Waals surface area contributed by atoms with Gasteiger partial charge in [-0.2, -0.15) is 0 Å². The van der Waals surface area contributed by atoms with E-state index < -0.39 is 5.82 Å². The predicted octanol–water partition coefficient (Wildman–Crippen LogP) is 5.39. The van der Waals surface area contributed by atoms with Crippen molar-refractivity contribution in [3.8, 4) is 11.3 Å². The van der Waals surface area contributed by atoms with Gasteiger partial charge in [-0.15, -0.1) is 0 Å². The fourth-order valence-electron chi connectivity index (χ4n) is 2.77. The highest BCUT2D eigenvalue weighted by atomic mass is 35.5. The van der Waals surface area contributed by atoms with Crippen molar-refractivity contribution in [3.63, 3.8) is 0 Å². The Morgan fingerprint density at radius 1 is 1.21 bits per heavy atom. The number of nitrogens with zero attached hydrogens (tertiary/aromatic N) is 1. The van der Waals surface area contributed by atoms with Crippen LogP contribution in [-0.2, 0) is 9.47 Å². The van der Waals surface area contributed by atoms with Crippen molar-refractivity contribution >= 4 is 11.6 Å². The molecule has 128 valence electrons. The van der Waals surface area contributed by atoms with E-state index in [4.69, 9.17) is 21.1 Å². The number of rotatable bonds is 5. The van der Waals surface area contributed by atoms with Crippen molar-refractivity contribution in [3.05, 3.63) is 52.9 Å². The zero-order valence-corrected chi connectivity index (χ0v) is 14.4. The highest BCUT2D eigenvalue weighted by molar-refractivity contribution is 6.30. The van der Waals surface area contributed by atoms with E-state index in [0.29, 0.717) is 17.2 Å². The van der Waals surface area contributed by atoms with Crippen molar-refractivity contribution < 1.29 is 13.9 Å². The lowest BCUT2D eigenvalue weighted by molar-refractivity contribution is -0.206. The van der Waals surface area contributed by atoms with E-state index in [1.807, 2.05) is 12.1 Å². The molecule has 0 radical (unpaired) electrons. The van der Waals surface area contributed by atoms with Crippen molar-refractivity contribution in [1.82, 2.24) is 4.98 Å². The van der Waals surface area contributed by atoms with Crippen LogP contribution in [-0.4, -0.2) is 18.2 Å². The summed E-state index contributed by atoms with van der Waals surface area (Å²) in [5.74, 6) is 0.0302. The van der Waals surface area contributed by atoms with Gasteiger partial charge < -0.3 is 9.47 Å². The van der Waals surface area contributed by atoms with E-state index >= 15 is 0 Å². The summed E-state index contributed by atoms with van der Waals surface area (Å²) < 4.78 is 25.2. The SMILES string of the molecule is CCCCC1COC(c2ccc(-c3ccc(Cl)c(F)c3)nc2)OC1. The van der Waals surface area contributed by atoms with Gasteiger partial charge in [0.2, 0.25) is 0 Å². The van der Waals surface area contributed by atoms with Gasteiger partial charge in [0, 0.05) is 23.2 Å². The van der Waals surface area contributed by atoms with Gasteiger partial charge in [-0.3, -0.25) is 4.98 Å². The van der Waals surface area contributed by atoms with Crippen LogP contribution in [0.5, 0.6) is 0 Å². The molecular weight excluding hydrogens is 329 g/mol. The molecule has 3 nitrogen and oxygen atoms in total. The van der Waals surface area contributed by atoms with Crippen molar-refractivity contribution in [2.75, 3.05) is 13.2 Å². The lowest BCUT2D eigenvalue weighted by atomic mass is 10.0. The minimum absolute atomic E-state index is 0.108. The average Bonchev–Trinajstić information content (AvgIpc) is 2.63. The summed E-state index contributed by atoms with van der Waals surface area (Å²) in [5.41, 5.74) is 2.25. The topological polar surface area (TPSA) is 31.4 Å². The molecular formula is C19H21ClFNO2. The number of ether oxygens (including phenoxy) is 2. The molecule has 0 bridgehead atoms. The summed E-state index contributed by atoms with van der Waals surface area (Å²) >= 11 is 5.71. The molecule has 0 unspecified atom stereocenters. The fraction of sp³-hybridized carbons (Fsp3) is 0.421. The smallest absolute Gasteiger partial charge is 0.185 e. The van der Waals surface area contributed by atoms with E-state index in [-0.39, 0.29) is 11.3 Å². The van der Waals surface area contributed by atoms with Gasteiger partial charge in [-0.1, -0.05) is 43.5 Å². The Labute approximate surface area is 146 Å². The summed E-state index contributed by atoms with van der Waals surface area (Å²) in [5, 5.41) is 0.108.